The van der Waals surface area contributed by atoms with Crippen molar-refractivity contribution in [2.75, 3.05) is 17.6 Å². The normalized spacial score (nSPS) is 12.3. The van der Waals surface area contributed by atoms with Crippen molar-refractivity contribution in [3.63, 3.8) is 0 Å². The van der Waals surface area contributed by atoms with Crippen LogP contribution in [-0.2, 0) is 11.8 Å². The lowest BCUT2D eigenvalue weighted by molar-refractivity contribution is -0.117. The molecule has 108 valence electrons. The van der Waals surface area contributed by atoms with Gasteiger partial charge >= 0.3 is 0 Å². The molecule has 20 heavy (non-hydrogen) atoms. The molecule has 0 saturated carbocycles. The molecule has 2 N–H and O–H groups in total. The Labute approximate surface area is 124 Å². The molecule has 0 aliphatic carbocycles. The van der Waals surface area contributed by atoms with E-state index in [0.717, 1.165) is 10.9 Å². The summed E-state index contributed by atoms with van der Waals surface area (Å²) in [7, 11) is 1.79. The van der Waals surface area contributed by atoms with E-state index in [-0.39, 0.29) is 11.9 Å². The topological polar surface area (TPSA) is 97.6 Å². The van der Waals surface area contributed by atoms with E-state index in [1.807, 2.05) is 12.3 Å². The number of tetrazole rings is 1. The maximum Gasteiger partial charge on any atom is 0.243 e. The quantitative estimate of drug-likeness (QED) is 0.563. The Morgan fingerprint density at radius 3 is 3.10 bits per heavy atom. The van der Waals surface area contributed by atoms with Gasteiger partial charge in [0.15, 0.2) is 5.13 Å². The molecule has 0 saturated heterocycles. The number of hydrogen-bond donors (Lipinski definition) is 2. The van der Waals surface area contributed by atoms with Crippen LogP contribution in [0.4, 0.5) is 5.13 Å². The highest BCUT2D eigenvalue weighted by Gasteiger charge is 2.13. The molecule has 8 nitrogen and oxygen atoms in total. The van der Waals surface area contributed by atoms with Crippen molar-refractivity contribution in [2.45, 2.75) is 18.1 Å². The SMILES string of the molecule is C[C@H](NCCSc1nnnn1C)C(=O)Nc1nccs1. The number of aryl methyl sites for hydroxylation is 1. The molecule has 0 spiro atoms. The van der Waals surface area contributed by atoms with E-state index in [2.05, 4.69) is 31.1 Å². The van der Waals surface area contributed by atoms with Gasteiger partial charge in [-0.05, 0) is 17.4 Å². The Morgan fingerprint density at radius 2 is 2.45 bits per heavy atom. The van der Waals surface area contributed by atoms with E-state index >= 15 is 0 Å². The van der Waals surface area contributed by atoms with Crippen LogP contribution in [0.1, 0.15) is 6.92 Å². The summed E-state index contributed by atoms with van der Waals surface area (Å²) < 4.78 is 1.61. The first-order chi connectivity index (χ1) is 9.66. The van der Waals surface area contributed by atoms with Crippen LogP contribution in [-0.4, -0.2) is 49.4 Å². The van der Waals surface area contributed by atoms with Crippen LogP contribution in [0, 0.1) is 0 Å². The lowest BCUT2D eigenvalue weighted by Gasteiger charge is -2.12. The van der Waals surface area contributed by atoms with Gasteiger partial charge in [-0.3, -0.25) is 4.79 Å². The van der Waals surface area contributed by atoms with Crippen LogP contribution in [0.2, 0.25) is 0 Å². The molecule has 10 heteroatoms. The molecular formula is C10H15N7OS2. The zero-order valence-electron chi connectivity index (χ0n) is 11.1. The van der Waals surface area contributed by atoms with Crippen molar-refractivity contribution in [3.05, 3.63) is 11.6 Å². The minimum atomic E-state index is -0.280. The first kappa shape index (κ1) is 14.9. The molecule has 0 radical (unpaired) electrons. The molecule has 0 fully saturated rings. The summed E-state index contributed by atoms with van der Waals surface area (Å²) in [6.07, 6.45) is 1.66. The second kappa shape index (κ2) is 7.31. The van der Waals surface area contributed by atoms with Crippen LogP contribution in [0.5, 0.6) is 0 Å². The summed E-state index contributed by atoms with van der Waals surface area (Å²) >= 11 is 2.93. The molecule has 0 aliphatic rings. The third kappa shape index (κ3) is 4.25. The summed E-state index contributed by atoms with van der Waals surface area (Å²) in [5.41, 5.74) is 0. The van der Waals surface area contributed by atoms with E-state index in [4.69, 9.17) is 0 Å². The second-order valence-electron chi connectivity index (χ2n) is 3.94. The number of amides is 1. The largest absolute Gasteiger partial charge is 0.305 e. The number of anilines is 1. The van der Waals surface area contributed by atoms with Gasteiger partial charge in [-0.25, -0.2) is 9.67 Å². The van der Waals surface area contributed by atoms with Crippen molar-refractivity contribution in [1.82, 2.24) is 30.5 Å². The lowest BCUT2D eigenvalue weighted by Crippen LogP contribution is -2.39. The van der Waals surface area contributed by atoms with Gasteiger partial charge in [-0.15, -0.1) is 16.4 Å². The fraction of sp³-hybridized carbons (Fsp3) is 0.500. The Kier molecular flexibility index (Phi) is 5.44. The number of carbonyl (C=O) groups excluding carboxylic acids is 1. The zero-order valence-corrected chi connectivity index (χ0v) is 12.7. The number of thioether (sulfide) groups is 1. The highest BCUT2D eigenvalue weighted by atomic mass is 32.2. The molecule has 0 unspecified atom stereocenters. The second-order valence-corrected chi connectivity index (χ2v) is 5.89. The smallest absolute Gasteiger partial charge is 0.243 e. The maximum absolute atomic E-state index is 11.8. The summed E-state index contributed by atoms with van der Waals surface area (Å²) in [6, 6.07) is -0.280. The predicted octanol–water partition coefficient (Wildman–Crippen LogP) is 0.375. The Hall–Kier alpha value is -1.52. The molecule has 0 aliphatic heterocycles. The van der Waals surface area contributed by atoms with E-state index in [0.29, 0.717) is 11.7 Å². The van der Waals surface area contributed by atoms with Crippen LogP contribution in [0.25, 0.3) is 0 Å². The van der Waals surface area contributed by atoms with Crippen LogP contribution < -0.4 is 10.6 Å². The first-order valence-corrected chi connectivity index (χ1v) is 7.82. The van der Waals surface area contributed by atoms with E-state index < -0.39 is 0 Å². The molecule has 2 aromatic rings. The number of hydrogen-bond acceptors (Lipinski definition) is 8. The van der Waals surface area contributed by atoms with Crippen LogP contribution in [0.3, 0.4) is 0 Å². The highest BCUT2D eigenvalue weighted by molar-refractivity contribution is 7.99. The van der Waals surface area contributed by atoms with Crippen LogP contribution >= 0.6 is 23.1 Å². The molecule has 0 aromatic carbocycles. The molecule has 1 amide bonds. The van der Waals surface area contributed by atoms with Gasteiger partial charge in [0, 0.05) is 30.9 Å². The Balaban J connectivity index is 1.66. The lowest BCUT2D eigenvalue weighted by atomic mass is 10.3. The van der Waals surface area contributed by atoms with Gasteiger partial charge in [0.1, 0.15) is 0 Å². The fourth-order valence-electron chi connectivity index (χ4n) is 1.35. The number of rotatable bonds is 7. The van der Waals surface area contributed by atoms with Crippen molar-refractivity contribution in [1.29, 1.82) is 0 Å². The van der Waals surface area contributed by atoms with Gasteiger partial charge in [0.05, 0.1) is 6.04 Å². The van der Waals surface area contributed by atoms with Gasteiger partial charge < -0.3 is 10.6 Å². The standard InChI is InChI=1S/C10H15N7OS2/c1-7(8(18)13-9-12-4-5-19-9)11-3-6-20-10-14-15-16-17(10)2/h4-5,7,11H,3,6H2,1-2H3,(H,12,13,18)/t7-/m0/s1. The number of nitrogens with zero attached hydrogens (tertiary/aromatic N) is 5. The predicted molar refractivity (Wildman–Crippen MR) is 77.7 cm³/mol. The average molecular weight is 313 g/mol. The fourth-order valence-corrected chi connectivity index (χ4v) is 2.60. The van der Waals surface area contributed by atoms with E-state index in [9.17, 15) is 4.79 Å². The minimum Gasteiger partial charge on any atom is -0.305 e. The van der Waals surface area contributed by atoms with Gasteiger partial charge in [0.2, 0.25) is 11.1 Å². The molecule has 2 aromatic heterocycles. The third-order valence-corrected chi connectivity index (χ3v) is 4.12. The van der Waals surface area contributed by atoms with Crippen molar-refractivity contribution in [2.24, 2.45) is 7.05 Å². The van der Waals surface area contributed by atoms with Gasteiger partial charge in [-0.1, -0.05) is 11.8 Å². The zero-order chi connectivity index (χ0) is 14.4. The molecule has 0 bridgehead atoms. The Bertz CT molecular complexity index is 542. The molecule has 2 heterocycles. The summed E-state index contributed by atoms with van der Waals surface area (Å²) in [5, 5.41) is 20.3. The number of carbonyl (C=O) groups is 1. The van der Waals surface area contributed by atoms with E-state index in [1.54, 1.807) is 17.9 Å². The summed E-state index contributed by atoms with van der Waals surface area (Å²) in [6.45, 7) is 2.50. The number of nitrogens with one attached hydrogen (secondary N) is 2. The Morgan fingerprint density at radius 1 is 1.60 bits per heavy atom. The monoisotopic (exact) mass is 313 g/mol. The molecule has 2 rings (SSSR count). The molecule has 1 atom stereocenters. The first-order valence-electron chi connectivity index (χ1n) is 5.95. The summed E-state index contributed by atoms with van der Waals surface area (Å²) in [4.78, 5) is 15.8. The van der Waals surface area contributed by atoms with E-state index in [1.165, 1.54) is 23.1 Å². The highest BCUT2D eigenvalue weighted by Crippen LogP contribution is 2.12. The van der Waals surface area contributed by atoms with Gasteiger partial charge in [-0.2, -0.15) is 0 Å². The third-order valence-electron chi connectivity index (χ3n) is 2.42. The number of aromatic nitrogens is 5. The maximum atomic E-state index is 11.8. The van der Waals surface area contributed by atoms with Crippen LogP contribution in [0.15, 0.2) is 16.7 Å². The average Bonchev–Trinajstić information content (AvgIpc) is 3.06. The molecular weight excluding hydrogens is 298 g/mol. The van der Waals surface area contributed by atoms with Gasteiger partial charge in [0.25, 0.3) is 0 Å². The minimum absolute atomic E-state index is 0.0923. The van der Waals surface area contributed by atoms with Crippen molar-refractivity contribution >= 4 is 34.1 Å². The van der Waals surface area contributed by atoms with Crippen molar-refractivity contribution in [3.8, 4) is 0 Å². The summed E-state index contributed by atoms with van der Waals surface area (Å²) in [5.74, 6) is 0.689. The number of thiazole rings is 1. The van der Waals surface area contributed by atoms with Crippen molar-refractivity contribution < 1.29 is 4.79 Å².